The lowest BCUT2D eigenvalue weighted by Gasteiger charge is -2.36. The van der Waals surface area contributed by atoms with Crippen LogP contribution in [0, 0.1) is 5.92 Å². The molecule has 2 aliphatic rings. The summed E-state index contributed by atoms with van der Waals surface area (Å²) >= 11 is 0. The number of hydrogen-bond donors (Lipinski definition) is 1. The van der Waals surface area contributed by atoms with Crippen molar-refractivity contribution in [2.45, 2.75) is 31.1 Å². The molecule has 1 N–H and O–H groups in total. The van der Waals surface area contributed by atoms with Crippen molar-refractivity contribution in [3.05, 3.63) is 41.0 Å². The summed E-state index contributed by atoms with van der Waals surface area (Å²) in [5, 5.41) is 3.41. The van der Waals surface area contributed by atoms with Crippen molar-refractivity contribution in [3.63, 3.8) is 0 Å². The van der Waals surface area contributed by atoms with Gasteiger partial charge in [-0.2, -0.15) is 0 Å². The molecule has 0 heterocycles. The van der Waals surface area contributed by atoms with Crippen LogP contribution in [-0.4, -0.2) is 27.3 Å². The second-order valence-corrected chi connectivity index (χ2v) is 6.21. The van der Waals surface area contributed by atoms with Gasteiger partial charge in [-0.1, -0.05) is 48.8 Å². The van der Waals surface area contributed by atoms with Crippen molar-refractivity contribution in [2.24, 2.45) is 5.92 Å². The first kappa shape index (κ1) is 13.8. The molecule has 0 saturated heterocycles. The van der Waals surface area contributed by atoms with Gasteiger partial charge in [-0.3, -0.25) is 0 Å². The number of methoxy groups -OCH3 is 1. The van der Waals surface area contributed by atoms with Gasteiger partial charge in [0.15, 0.2) is 0 Å². The first-order valence-corrected chi connectivity index (χ1v) is 7.77. The first-order valence-electron chi connectivity index (χ1n) is 7.77. The third-order valence-electron chi connectivity index (χ3n) is 5.00. The van der Waals surface area contributed by atoms with Gasteiger partial charge in [-0.15, -0.1) is 0 Å². The first-order chi connectivity index (χ1) is 9.81. The highest BCUT2D eigenvalue weighted by Gasteiger charge is 2.44. The highest BCUT2D eigenvalue weighted by Crippen LogP contribution is 2.49. The lowest BCUT2D eigenvalue weighted by molar-refractivity contribution is 0.142. The van der Waals surface area contributed by atoms with Crippen LogP contribution in [0.3, 0.4) is 0 Å². The van der Waals surface area contributed by atoms with E-state index in [2.05, 4.69) is 35.7 Å². The zero-order chi connectivity index (χ0) is 14.0. The maximum absolute atomic E-state index is 5.65. The number of fused-ring (bicyclic) bond motifs is 1. The zero-order valence-corrected chi connectivity index (χ0v) is 12.6. The van der Waals surface area contributed by atoms with Crippen molar-refractivity contribution in [1.82, 2.24) is 5.32 Å². The summed E-state index contributed by atoms with van der Waals surface area (Å²) in [4.78, 5) is 0. The molecule has 1 aromatic carbocycles. The molecular weight excluding hydrogens is 246 g/mol. The highest BCUT2D eigenvalue weighted by molar-refractivity contribution is 5.70. The van der Waals surface area contributed by atoms with Crippen LogP contribution < -0.4 is 5.32 Å². The second-order valence-electron chi connectivity index (χ2n) is 6.21. The molecule has 1 atom stereocenters. The maximum atomic E-state index is 5.65. The monoisotopic (exact) mass is 271 g/mol. The molecule has 108 valence electrons. The maximum Gasteiger partial charge on any atom is 0.0609 e. The Hall–Kier alpha value is -1.12. The number of hydrogen-bond acceptors (Lipinski definition) is 2. The van der Waals surface area contributed by atoms with Crippen LogP contribution in [0.5, 0.6) is 0 Å². The van der Waals surface area contributed by atoms with Gasteiger partial charge in [-0.05, 0) is 36.9 Å². The van der Waals surface area contributed by atoms with Gasteiger partial charge in [0.05, 0.1) is 12.0 Å². The SMILES string of the molecule is CNCC1(COC)C(C2CCCC2)=Cc2ccccc21. The Kier molecular flexibility index (Phi) is 3.95. The van der Waals surface area contributed by atoms with Gasteiger partial charge in [0, 0.05) is 13.7 Å². The van der Waals surface area contributed by atoms with Gasteiger partial charge < -0.3 is 10.1 Å². The van der Waals surface area contributed by atoms with Gasteiger partial charge in [0.1, 0.15) is 0 Å². The fourth-order valence-electron chi connectivity index (χ4n) is 4.22. The van der Waals surface area contributed by atoms with E-state index in [1.54, 1.807) is 5.57 Å². The fraction of sp³-hybridized carbons (Fsp3) is 0.556. The molecule has 1 fully saturated rings. The topological polar surface area (TPSA) is 21.3 Å². The minimum absolute atomic E-state index is 0.0368. The molecule has 1 aromatic rings. The van der Waals surface area contributed by atoms with Gasteiger partial charge in [-0.25, -0.2) is 0 Å². The lowest BCUT2D eigenvalue weighted by Crippen LogP contribution is -2.42. The summed E-state index contributed by atoms with van der Waals surface area (Å²) in [5.74, 6) is 0.742. The van der Waals surface area contributed by atoms with E-state index in [0.717, 1.165) is 19.1 Å². The van der Waals surface area contributed by atoms with Crippen molar-refractivity contribution >= 4 is 6.08 Å². The largest absolute Gasteiger partial charge is 0.383 e. The fourth-order valence-corrected chi connectivity index (χ4v) is 4.22. The van der Waals surface area contributed by atoms with Crippen LogP contribution in [0.25, 0.3) is 6.08 Å². The van der Waals surface area contributed by atoms with Crippen LogP contribution >= 0.6 is 0 Å². The number of ether oxygens (including phenoxy) is 1. The van der Waals surface area contributed by atoms with Crippen LogP contribution in [0.4, 0.5) is 0 Å². The van der Waals surface area contributed by atoms with E-state index < -0.39 is 0 Å². The summed E-state index contributed by atoms with van der Waals surface area (Å²) in [6, 6.07) is 8.83. The third-order valence-corrected chi connectivity index (χ3v) is 5.00. The standard InChI is InChI=1S/C18H25NO/c1-19-12-18(13-20-2)16-10-6-5-9-15(16)11-17(18)14-7-3-4-8-14/h5-6,9-11,14,19H,3-4,7-8,12-13H2,1-2H3. The Balaban J connectivity index is 2.06. The molecule has 3 rings (SSSR count). The average molecular weight is 271 g/mol. The minimum Gasteiger partial charge on any atom is -0.383 e. The summed E-state index contributed by atoms with van der Waals surface area (Å²) in [6.07, 6.45) is 7.88. The smallest absolute Gasteiger partial charge is 0.0609 e. The Labute approximate surface area is 122 Å². The van der Waals surface area contributed by atoms with Crippen molar-refractivity contribution < 1.29 is 4.74 Å². The average Bonchev–Trinajstić information content (AvgIpc) is 3.07. The Morgan fingerprint density at radius 1 is 1.25 bits per heavy atom. The summed E-state index contributed by atoms with van der Waals surface area (Å²) < 4.78 is 5.65. The number of benzene rings is 1. The van der Waals surface area contributed by atoms with E-state index in [4.69, 9.17) is 4.74 Å². The van der Waals surface area contributed by atoms with Gasteiger partial charge in [0.2, 0.25) is 0 Å². The molecule has 2 nitrogen and oxygen atoms in total. The molecule has 2 aliphatic carbocycles. The van der Waals surface area contributed by atoms with E-state index in [1.165, 1.54) is 36.8 Å². The highest BCUT2D eigenvalue weighted by atomic mass is 16.5. The van der Waals surface area contributed by atoms with Crippen molar-refractivity contribution in [3.8, 4) is 0 Å². The lowest BCUT2D eigenvalue weighted by atomic mass is 9.72. The van der Waals surface area contributed by atoms with E-state index in [-0.39, 0.29) is 5.41 Å². The van der Waals surface area contributed by atoms with Gasteiger partial charge >= 0.3 is 0 Å². The van der Waals surface area contributed by atoms with Crippen molar-refractivity contribution in [1.29, 1.82) is 0 Å². The Morgan fingerprint density at radius 2 is 2.00 bits per heavy atom. The van der Waals surface area contributed by atoms with E-state index >= 15 is 0 Å². The summed E-state index contributed by atoms with van der Waals surface area (Å²) in [7, 11) is 3.87. The normalized spacial score (nSPS) is 25.8. The summed E-state index contributed by atoms with van der Waals surface area (Å²) in [6.45, 7) is 1.73. The Morgan fingerprint density at radius 3 is 2.70 bits per heavy atom. The molecule has 0 radical (unpaired) electrons. The van der Waals surface area contributed by atoms with Gasteiger partial charge in [0.25, 0.3) is 0 Å². The molecule has 0 bridgehead atoms. The molecular formula is C18H25NO. The van der Waals surface area contributed by atoms with E-state index in [9.17, 15) is 0 Å². The minimum atomic E-state index is 0.0368. The molecule has 20 heavy (non-hydrogen) atoms. The quantitative estimate of drug-likeness (QED) is 0.886. The second kappa shape index (κ2) is 5.71. The predicted molar refractivity (Wildman–Crippen MR) is 83.9 cm³/mol. The molecule has 0 aliphatic heterocycles. The molecule has 1 saturated carbocycles. The third kappa shape index (κ3) is 2.11. The van der Waals surface area contributed by atoms with Crippen LogP contribution in [-0.2, 0) is 10.2 Å². The molecule has 0 spiro atoms. The van der Waals surface area contributed by atoms with E-state index in [1.807, 2.05) is 14.2 Å². The number of nitrogens with one attached hydrogen (secondary N) is 1. The summed E-state index contributed by atoms with van der Waals surface area (Å²) in [5.41, 5.74) is 4.47. The van der Waals surface area contributed by atoms with E-state index in [0.29, 0.717) is 0 Å². The Bertz CT molecular complexity index is 494. The molecule has 1 unspecified atom stereocenters. The predicted octanol–water partition coefficient (Wildman–Crippen LogP) is 3.38. The molecule has 2 heteroatoms. The zero-order valence-electron chi connectivity index (χ0n) is 12.6. The van der Waals surface area contributed by atoms with Crippen LogP contribution in [0.15, 0.2) is 29.8 Å². The number of likely N-dealkylation sites (N-methyl/N-ethyl adjacent to an activating group) is 1. The number of rotatable bonds is 5. The van der Waals surface area contributed by atoms with Crippen molar-refractivity contribution in [2.75, 3.05) is 27.3 Å². The molecule has 0 aromatic heterocycles. The van der Waals surface area contributed by atoms with Crippen LogP contribution in [0.1, 0.15) is 36.8 Å². The molecule has 0 amide bonds. The van der Waals surface area contributed by atoms with Crippen LogP contribution in [0.2, 0.25) is 0 Å².